The van der Waals surface area contributed by atoms with E-state index in [9.17, 15) is 9.59 Å². The summed E-state index contributed by atoms with van der Waals surface area (Å²) < 4.78 is 5.98. The SMILES string of the molecule is COC(=O)CNc1nc(N)c2[nH]c(=O)n(Cc3ccc(C)nc3)c2n1. The number of nitrogens with one attached hydrogen (secondary N) is 2. The van der Waals surface area contributed by atoms with Crippen LogP contribution in [0.25, 0.3) is 11.2 Å². The number of imidazole rings is 1. The van der Waals surface area contributed by atoms with Gasteiger partial charge in [0.2, 0.25) is 5.95 Å². The molecular weight excluding hydrogens is 326 g/mol. The molecule has 0 spiro atoms. The fourth-order valence-corrected chi connectivity index (χ4v) is 2.28. The van der Waals surface area contributed by atoms with Gasteiger partial charge in [0, 0.05) is 11.9 Å². The molecule has 3 aromatic heterocycles. The van der Waals surface area contributed by atoms with Gasteiger partial charge in [0.05, 0.1) is 13.7 Å². The Bertz CT molecular complexity index is 975. The quantitative estimate of drug-likeness (QED) is 0.551. The van der Waals surface area contributed by atoms with E-state index in [1.54, 1.807) is 6.20 Å². The van der Waals surface area contributed by atoms with Crippen molar-refractivity contribution in [1.82, 2.24) is 24.5 Å². The zero-order valence-electron chi connectivity index (χ0n) is 13.7. The van der Waals surface area contributed by atoms with Crippen LogP contribution in [0, 0.1) is 6.92 Å². The molecular formula is C15H17N7O3. The highest BCUT2D eigenvalue weighted by atomic mass is 16.5. The van der Waals surface area contributed by atoms with Crippen LogP contribution in [-0.4, -0.2) is 44.1 Å². The third-order valence-corrected chi connectivity index (χ3v) is 3.58. The topological polar surface area (TPSA) is 141 Å². The van der Waals surface area contributed by atoms with Crippen molar-refractivity contribution < 1.29 is 9.53 Å². The number of pyridine rings is 1. The van der Waals surface area contributed by atoms with Crippen molar-refractivity contribution in [2.45, 2.75) is 13.5 Å². The van der Waals surface area contributed by atoms with Crippen LogP contribution in [0.2, 0.25) is 0 Å². The molecule has 0 atom stereocenters. The molecule has 10 heteroatoms. The first kappa shape index (κ1) is 16.4. The molecule has 10 nitrogen and oxygen atoms in total. The predicted octanol–water partition coefficient (Wildman–Crippen LogP) is 0.0384. The molecule has 25 heavy (non-hydrogen) atoms. The van der Waals surface area contributed by atoms with Crippen molar-refractivity contribution in [2.24, 2.45) is 0 Å². The summed E-state index contributed by atoms with van der Waals surface area (Å²) in [5.41, 5.74) is 7.94. The molecule has 0 aromatic carbocycles. The molecule has 130 valence electrons. The van der Waals surface area contributed by atoms with E-state index in [-0.39, 0.29) is 30.5 Å². The van der Waals surface area contributed by atoms with Gasteiger partial charge in [0.25, 0.3) is 0 Å². The zero-order chi connectivity index (χ0) is 18.0. The van der Waals surface area contributed by atoms with Crippen LogP contribution in [0.1, 0.15) is 11.3 Å². The van der Waals surface area contributed by atoms with E-state index < -0.39 is 5.97 Å². The Balaban J connectivity index is 1.98. The lowest BCUT2D eigenvalue weighted by Gasteiger charge is -2.07. The van der Waals surface area contributed by atoms with Gasteiger partial charge in [-0.05, 0) is 18.6 Å². The molecule has 0 fully saturated rings. The first-order valence-corrected chi connectivity index (χ1v) is 7.46. The maximum atomic E-state index is 12.3. The summed E-state index contributed by atoms with van der Waals surface area (Å²) in [7, 11) is 1.28. The summed E-state index contributed by atoms with van der Waals surface area (Å²) >= 11 is 0. The minimum Gasteiger partial charge on any atom is -0.468 e. The summed E-state index contributed by atoms with van der Waals surface area (Å²) in [6.45, 7) is 2.05. The van der Waals surface area contributed by atoms with Crippen LogP contribution in [0.4, 0.5) is 11.8 Å². The molecule has 3 heterocycles. The molecule has 0 radical (unpaired) electrons. The summed E-state index contributed by atoms with van der Waals surface area (Å²) in [6.07, 6.45) is 1.70. The van der Waals surface area contributed by atoms with Gasteiger partial charge in [-0.3, -0.25) is 14.3 Å². The monoisotopic (exact) mass is 343 g/mol. The van der Waals surface area contributed by atoms with Gasteiger partial charge >= 0.3 is 11.7 Å². The largest absolute Gasteiger partial charge is 0.468 e. The average Bonchev–Trinajstić information content (AvgIpc) is 2.91. The highest BCUT2D eigenvalue weighted by Gasteiger charge is 2.14. The number of aromatic amines is 1. The molecule has 0 saturated carbocycles. The van der Waals surface area contributed by atoms with E-state index in [1.165, 1.54) is 11.7 Å². The Morgan fingerprint density at radius 1 is 1.40 bits per heavy atom. The number of nitrogen functional groups attached to an aromatic ring is 1. The molecule has 0 bridgehead atoms. The second-order valence-corrected chi connectivity index (χ2v) is 5.38. The number of nitrogens with two attached hydrogens (primary N) is 1. The number of anilines is 2. The van der Waals surface area contributed by atoms with Crippen LogP contribution in [0.15, 0.2) is 23.1 Å². The Labute approximate surface area is 142 Å². The van der Waals surface area contributed by atoms with Crippen LogP contribution in [-0.2, 0) is 16.1 Å². The Morgan fingerprint density at radius 2 is 2.20 bits per heavy atom. The molecule has 0 amide bonds. The third kappa shape index (κ3) is 3.42. The number of methoxy groups -OCH3 is 1. The van der Waals surface area contributed by atoms with Gasteiger partial charge in [0.15, 0.2) is 11.5 Å². The number of rotatable bonds is 5. The van der Waals surface area contributed by atoms with Crippen LogP contribution in [0.3, 0.4) is 0 Å². The standard InChI is InChI=1S/C15H17N7O3/c1-8-3-4-9(5-17-8)7-22-13-11(19-15(22)24)12(16)20-14(21-13)18-6-10(23)25-2/h3-5H,6-7H2,1-2H3,(H,19,24)(H3,16,18,20,21). The van der Waals surface area contributed by atoms with Crippen molar-refractivity contribution in [3.8, 4) is 0 Å². The number of hydrogen-bond donors (Lipinski definition) is 3. The number of ether oxygens (including phenoxy) is 1. The van der Waals surface area contributed by atoms with E-state index >= 15 is 0 Å². The first-order chi connectivity index (χ1) is 12.0. The van der Waals surface area contributed by atoms with E-state index in [0.717, 1.165) is 11.3 Å². The lowest BCUT2D eigenvalue weighted by atomic mass is 10.2. The van der Waals surface area contributed by atoms with Gasteiger partial charge in [-0.15, -0.1) is 0 Å². The minimum absolute atomic E-state index is 0.107. The van der Waals surface area contributed by atoms with E-state index in [1.807, 2.05) is 19.1 Å². The fraction of sp³-hybridized carbons (Fsp3) is 0.267. The lowest BCUT2D eigenvalue weighted by molar-refractivity contribution is -0.138. The normalized spacial score (nSPS) is 10.8. The first-order valence-electron chi connectivity index (χ1n) is 7.46. The average molecular weight is 343 g/mol. The van der Waals surface area contributed by atoms with Crippen molar-refractivity contribution in [2.75, 3.05) is 24.7 Å². The maximum absolute atomic E-state index is 12.3. The molecule has 0 aliphatic heterocycles. The zero-order valence-corrected chi connectivity index (χ0v) is 13.7. The third-order valence-electron chi connectivity index (χ3n) is 3.58. The highest BCUT2D eigenvalue weighted by Crippen LogP contribution is 2.17. The molecule has 0 saturated heterocycles. The van der Waals surface area contributed by atoms with Gasteiger partial charge in [-0.25, -0.2) is 4.79 Å². The van der Waals surface area contributed by atoms with Crippen molar-refractivity contribution in [1.29, 1.82) is 0 Å². The maximum Gasteiger partial charge on any atom is 0.328 e. The predicted molar refractivity (Wildman–Crippen MR) is 91.1 cm³/mol. The molecule has 0 unspecified atom stereocenters. The second kappa shape index (κ2) is 6.59. The molecule has 3 aromatic rings. The molecule has 3 rings (SSSR count). The fourth-order valence-electron chi connectivity index (χ4n) is 2.28. The van der Waals surface area contributed by atoms with Crippen LogP contribution in [0.5, 0.6) is 0 Å². The van der Waals surface area contributed by atoms with Crippen molar-refractivity contribution in [3.63, 3.8) is 0 Å². The molecule has 0 aliphatic carbocycles. The van der Waals surface area contributed by atoms with Gasteiger partial charge in [-0.2, -0.15) is 9.97 Å². The Hall–Kier alpha value is -3.43. The van der Waals surface area contributed by atoms with Crippen molar-refractivity contribution in [3.05, 3.63) is 40.1 Å². The number of carbonyl (C=O) groups excluding carboxylic acids is 1. The van der Waals surface area contributed by atoms with E-state index in [0.29, 0.717) is 11.2 Å². The number of aryl methyl sites for hydroxylation is 1. The summed E-state index contributed by atoms with van der Waals surface area (Å²) in [5.74, 6) is -0.236. The highest BCUT2D eigenvalue weighted by molar-refractivity contribution is 5.83. The summed E-state index contributed by atoms with van der Waals surface area (Å²) in [4.78, 5) is 38.7. The van der Waals surface area contributed by atoms with Crippen LogP contribution >= 0.6 is 0 Å². The number of hydrogen-bond acceptors (Lipinski definition) is 8. The number of aromatic nitrogens is 5. The smallest absolute Gasteiger partial charge is 0.328 e. The number of H-pyrrole nitrogens is 1. The van der Waals surface area contributed by atoms with E-state index in [2.05, 4.69) is 30.0 Å². The number of carbonyl (C=O) groups is 1. The number of esters is 1. The van der Waals surface area contributed by atoms with Gasteiger partial charge < -0.3 is 20.8 Å². The lowest BCUT2D eigenvalue weighted by Crippen LogP contribution is -2.19. The van der Waals surface area contributed by atoms with Crippen LogP contribution < -0.4 is 16.7 Å². The van der Waals surface area contributed by atoms with Gasteiger partial charge in [-0.1, -0.05) is 6.07 Å². The van der Waals surface area contributed by atoms with E-state index in [4.69, 9.17) is 5.73 Å². The number of fused-ring (bicyclic) bond motifs is 1. The van der Waals surface area contributed by atoms with Crippen molar-refractivity contribution >= 4 is 28.9 Å². The number of nitrogens with zero attached hydrogens (tertiary/aromatic N) is 4. The van der Waals surface area contributed by atoms with Gasteiger partial charge in [0.1, 0.15) is 12.1 Å². The molecule has 4 N–H and O–H groups in total. The minimum atomic E-state index is -0.473. The summed E-state index contributed by atoms with van der Waals surface area (Å²) in [5, 5.41) is 2.72. The molecule has 0 aliphatic rings. The Kier molecular flexibility index (Phi) is 4.33. The Morgan fingerprint density at radius 3 is 2.88 bits per heavy atom. The second-order valence-electron chi connectivity index (χ2n) is 5.38. The summed E-state index contributed by atoms with van der Waals surface area (Å²) in [6, 6.07) is 3.75.